The SMILES string of the molecule is COc1ccc2c(c1)C(=O)N(CCC1(c3cc4nc(N5CCNC(=O)C5)ccc4o3)NC(=O)[N+]3(CC3)C1=O)C2. The summed E-state index contributed by atoms with van der Waals surface area (Å²) in [4.78, 5) is 60.2. The summed E-state index contributed by atoms with van der Waals surface area (Å²) >= 11 is 0. The lowest BCUT2D eigenvalue weighted by Gasteiger charge is -2.27. The highest BCUT2D eigenvalue weighted by atomic mass is 16.5. The number of aromatic nitrogens is 1. The van der Waals surface area contributed by atoms with Crippen molar-refractivity contribution in [2.75, 3.05) is 51.3 Å². The summed E-state index contributed by atoms with van der Waals surface area (Å²) in [7, 11) is 1.55. The number of imide groups is 1. The molecule has 1 unspecified atom stereocenters. The van der Waals surface area contributed by atoms with E-state index in [4.69, 9.17) is 14.1 Å². The highest BCUT2D eigenvalue weighted by Crippen LogP contribution is 2.43. The van der Waals surface area contributed by atoms with Crippen molar-refractivity contribution >= 4 is 40.7 Å². The number of nitrogens with one attached hydrogen (secondary N) is 2. The molecule has 5 amide bonds. The van der Waals surface area contributed by atoms with Crippen molar-refractivity contribution in [1.82, 2.24) is 20.5 Å². The number of fused-ring (bicyclic) bond motifs is 2. The van der Waals surface area contributed by atoms with Gasteiger partial charge in [0.1, 0.15) is 35.9 Å². The van der Waals surface area contributed by atoms with Crippen LogP contribution in [0, 0.1) is 0 Å². The zero-order valence-corrected chi connectivity index (χ0v) is 21.4. The smallest absolute Gasteiger partial charge is 0.425 e. The van der Waals surface area contributed by atoms with Crippen LogP contribution in [0.4, 0.5) is 10.6 Å². The molecule has 39 heavy (non-hydrogen) atoms. The van der Waals surface area contributed by atoms with Crippen LogP contribution >= 0.6 is 0 Å². The molecular weight excluding hydrogens is 504 g/mol. The molecule has 3 aromatic rings. The van der Waals surface area contributed by atoms with Crippen molar-refractivity contribution in [3.63, 3.8) is 0 Å². The van der Waals surface area contributed by atoms with Gasteiger partial charge in [-0.2, -0.15) is 4.48 Å². The first-order chi connectivity index (χ1) is 18.8. The molecule has 200 valence electrons. The number of piperazine rings is 1. The number of carbonyl (C=O) groups is 4. The van der Waals surface area contributed by atoms with Crippen molar-refractivity contribution in [1.29, 1.82) is 0 Å². The number of hydrogen-bond acceptors (Lipinski definition) is 8. The average Bonchev–Trinajstić information content (AvgIpc) is 3.49. The monoisotopic (exact) mass is 531 g/mol. The van der Waals surface area contributed by atoms with Gasteiger partial charge in [-0.05, 0) is 29.8 Å². The highest BCUT2D eigenvalue weighted by molar-refractivity contribution is 6.01. The van der Waals surface area contributed by atoms with Crippen molar-refractivity contribution < 1.29 is 32.8 Å². The second-order valence-electron chi connectivity index (χ2n) is 10.5. The number of ether oxygens (including phenoxy) is 1. The van der Waals surface area contributed by atoms with Gasteiger partial charge in [0.15, 0.2) is 5.58 Å². The van der Waals surface area contributed by atoms with Crippen molar-refractivity contribution in [2.24, 2.45) is 0 Å². The maximum absolute atomic E-state index is 13.9. The lowest BCUT2D eigenvalue weighted by Crippen LogP contribution is -2.48. The van der Waals surface area contributed by atoms with Crippen molar-refractivity contribution in [3.8, 4) is 5.75 Å². The number of pyridine rings is 1. The third kappa shape index (κ3) is 3.51. The minimum Gasteiger partial charge on any atom is -0.497 e. The molecule has 4 aliphatic rings. The highest BCUT2D eigenvalue weighted by Gasteiger charge is 2.72. The van der Waals surface area contributed by atoms with E-state index < -0.39 is 5.54 Å². The van der Waals surface area contributed by atoms with Crippen LogP contribution in [-0.2, 0) is 21.7 Å². The number of hydrogen-bond donors (Lipinski definition) is 2. The predicted octanol–water partition coefficient (Wildman–Crippen LogP) is 1.09. The Morgan fingerprint density at radius 2 is 1.95 bits per heavy atom. The van der Waals surface area contributed by atoms with E-state index in [1.54, 1.807) is 36.3 Å². The fourth-order valence-electron chi connectivity index (χ4n) is 5.85. The van der Waals surface area contributed by atoms with Crippen LogP contribution in [-0.4, -0.2) is 84.5 Å². The molecule has 0 saturated carbocycles. The number of methoxy groups -OCH3 is 1. The zero-order chi connectivity index (χ0) is 26.9. The lowest BCUT2D eigenvalue weighted by atomic mass is 9.91. The van der Waals surface area contributed by atoms with Gasteiger partial charge < -0.3 is 24.3 Å². The van der Waals surface area contributed by atoms with Gasteiger partial charge >= 0.3 is 11.9 Å². The first-order valence-electron chi connectivity index (χ1n) is 13.0. The minimum atomic E-state index is -1.42. The standard InChI is InChI=1S/C27H26N6O6/c1-38-17-3-2-16-14-32(24(35)18(16)12-17)8-6-27(25(36)33(10-11-33)26(37)30-27)21-13-19-20(39-21)4-5-22(29-19)31-9-7-28-23(34)15-31/h2-5,12-13H,6-11,14-15H2,1H3,(H-,28,30,34,37)/p+1. The summed E-state index contributed by atoms with van der Waals surface area (Å²) in [6.07, 6.45) is 0.160. The van der Waals surface area contributed by atoms with E-state index in [9.17, 15) is 19.2 Å². The topological polar surface area (TPSA) is 134 Å². The Labute approximate surface area is 223 Å². The van der Waals surface area contributed by atoms with E-state index in [0.29, 0.717) is 66.7 Å². The Balaban J connectivity index is 1.21. The molecule has 3 fully saturated rings. The van der Waals surface area contributed by atoms with Crippen molar-refractivity contribution in [3.05, 3.63) is 53.3 Å². The molecule has 2 N–H and O–H groups in total. The third-order valence-corrected chi connectivity index (χ3v) is 8.23. The zero-order valence-electron chi connectivity index (χ0n) is 21.4. The molecule has 3 saturated heterocycles. The molecular formula is C27H27N6O6+. The van der Waals surface area contributed by atoms with Gasteiger partial charge in [0.2, 0.25) is 11.4 Å². The molecule has 1 atom stereocenters. The van der Waals surface area contributed by atoms with E-state index in [1.165, 1.54) is 0 Å². The number of carbonyl (C=O) groups excluding carboxylic acids is 4. The molecule has 12 nitrogen and oxygen atoms in total. The van der Waals surface area contributed by atoms with Gasteiger partial charge in [-0.1, -0.05) is 6.07 Å². The first-order valence-corrected chi connectivity index (χ1v) is 13.0. The number of rotatable bonds is 6. The number of urea groups is 1. The molecule has 0 radical (unpaired) electrons. The summed E-state index contributed by atoms with van der Waals surface area (Å²) in [5.74, 6) is 1.04. The van der Waals surface area contributed by atoms with Gasteiger partial charge in [0.05, 0.1) is 13.7 Å². The normalized spacial score (nSPS) is 23.4. The summed E-state index contributed by atoms with van der Waals surface area (Å²) < 4.78 is 11.2. The van der Waals surface area contributed by atoms with Crippen LogP contribution in [0.3, 0.4) is 0 Å². The van der Waals surface area contributed by atoms with Gasteiger partial charge in [0.25, 0.3) is 5.91 Å². The molecule has 4 aliphatic heterocycles. The van der Waals surface area contributed by atoms with Gasteiger partial charge in [-0.25, -0.2) is 14.6 Å². The minimum absolute atomic E-state index is 0.0706. The number of benzene rings is 1. The van der Waals surface area contributed by atoms with Crippen LogP contribution in [0.5, 0.6) is 5.75 Å². The molecule has 7 rings (SSSR count). The Morgan fingerprint density at radius 1 is 1.10 bits per heavy atom. The maximum Gasteiger partial charge on any atom is 0.425 e. The predicted molar refractivity (Wildman–Crippen MR) is 137 cm³/mol. The van der Waals surface area contributed by atoms with Crippen LogP contribution in [0.1, 0.15) is 28.1 Å². The quantitative estimate of drug-likeness (QED) is 0.274. The molecule has 6 heterocycles. The summed E-state index contributed by atoms with van der Waals surface area (Å²) in [6, 6.07) is 10.3. The van der Waals surface area contributed by atoms with Crippen molar-refractivity contribution in [2.45, 2.75) is 18.5 Å². The van der Waals surface area contributed by atoms with E-state index >= 15 is 0 Å². The van der Waals surface area contributed by atoms with E-state index in [-0.39, 0.29) is 47.7 Å². The molecule has 2 aromatic heterocycles. The van der Waals surface area contributed by atoms with Crippen LogP contribution < -0.4 is 20.3 Å². The molecule has 12 heteroatoms. The number of quaternary nitrogens is 1. The third-order valence-electron chi connectivity index (χ3n) is 8.23. The number of furan rings is 1. The Bertz CT molecular complexity index is 1580. The second kappa shape index (κ2) is 8.27. The summed E-state index contributed by atoms with van der Waals surface area (Å²) in [5.41, 5.74) is 1.03. The molecule has 1 aromatic carbocycles. The Hall–Kier alpha value is -4.45. The number of nitrogens with zero attached hydrogens (tertiary/aromatic N) is 4. The Kier molecular flexibility index (Phi) is 5.02. The molecule has 0 bridgehead atoms. The summed E-state index contributed by atoms with van der Waals surface area (Å²) in [6.45, 7) is 2.90. The van der Waals surface area contributed by atoms with Gasteiger partial charge in [-0.3, -0.25) is 14.9 Å². The fourth-order valence-corrected chi connectivity index (χ4v) is 5.85. The number of anilines is 1. The largest absolute Gasteiger partial charge is 0.497 e. The van der Waals surface area contributed by atoms with Gasteiger partial charge in [0, 0.05) is 44.2 Å². The van der Waals surface area contributed by atoms with Gasteiger partial charge in [-0.15, -0.1) is 0 Å². The van der Waals surface area contributed by atoms with Crippen LogP contribution in [0.25, 0.3) is 11.1 Å². The van der Waals surface area contributed by atoms with E-state index in [2.05, 4.69) is 10.6 Å². The van der Waals surface area contributed by atoms with Crippen LogP contribution in [0.2, 0.25) is 0 Å². The molecule has 1 spiro atoms. The maximum atomic E-state index is 13.9. The van der Waals surface area contributed by atoms with E-state index in [0.717, 1.165) is 5.56 Å². The van der Waals surface area contributed by atoms with Crippen LogP contribution in [0.15, 0.2) is 40.8 Å². The number of amides is 5. The summed E-state index contributed by atoms with van der Waals surface area (Å²) in [5, 5.41) is 5.75. The second-order valence-corrected chi connectivity index (χ2v) is 10.5. The average molecular weight is 532 g/mol. The Morgan fingerprint density at radius 3 is 2.69 bits per heavy atom. The fraction of sp³-hybridized carbons (Fsp3) is 0.370. The first kappa shape index (κ1) is 23.7. The van der Waals surface area contributed by atoms with E-state index in [1.807, 2.05) is 17.0 Å². The lowest BCUT2D eigenvalue weighted by molar-refractivity contribution is -0.621. The molecule has 0 aliphatic carbocycles.